The predicted molar refractivity (Wildman–Crippen MR) is 131 cm³/mol. The third-order valence-corrected chi connectivity index (χ3v) is 5.69. The molecule has 3 aromatic carbocycles. The van der Waals surface area contributed by atoms with Crippen LogP contribution in [0.1, 0.15) is 35.8 Å². The van der Waals surface area contributed by atoms with E-state index in [1.165, 1.54) is 18.0 Å². The van der Waals surface area contributed by atoms with Crippen molar-refractivity contribution in [1.29, 1.82) is 0 Å². The number of nitrogens with zero attached hydrogens (tertiary/aromatic N) is 1. The maximum absolute atomic E-state index is 13.2. The molecule has 1 heterocycles. The molecule has 1 aliphatic rings. The van der Waals surface area contributed by atoms with Crippen LogP contribution in [0.25, 0.3) is 0 Å². The second-order valence-electron chi connectivity index (χ2n) is 7.79. The molecule has 0 aliphatic carbocycles. The van der Waals surface area contributed by atoms with Crippen molar-refractivity contribution < 1.29 is 23.9 Å². The molecule has 1 saturated heterocycles. The Morgan fingerprint density at radius 2 is 1.74 bits per heavy atom. The summed E-state index contributed by atoms with van der Waals surface area (Å²) in [7, 11) is 0. The van der Waals surface area contributed by atoms with Crippen LogP contribution in [0.2, 0.25) is 5.02 Å². The highest BCUT2D eigenvalue weighted by atomic mass is 35.5. The van der Waals surface area contributed by atoms with Crippen molar-refractivity contribution in [3.63, 3.8) is 0 Å². The van der Waals surface area contributed by atoms with Crippen LogP contribution in [0.15, 0.2) is 72.8 Å². The first-order valence-electron chi connectivity index (χ1n) is 11.0. The van der Waals surface area contributed by atoms with E-state index < -0.39 is 24.0 Å². The first-order valence-corrected chi connectivity index (χ1v) is 11.4. The Kier molecular flexibility index (Phi) is 7.22. The summed E-state index contributed by atoms with van der Waals surface area (Å²) in [6.45, 7) is 3.48. The third kappa shape index (κ3) is 5.22. The van der Waals surface area contributed by atoms with Crippen LogP contribution in [0.5, 0.6) is 11.5 Å². The Morgan fingerprint density at radius 3 is 2.43 bits per heavy atom. The van der Waals surface area contributed by atoms with E-state index in [1.807, 2.05) is 18.2 Å². The van der Waals surface area contributed by atoms with Gasteiger partial charge in [-0.15, -0.1) is 0 Å². The molecule has 1 fully saturated rings. The molecule has 0 unspecified atom stereocenters. The Bertz CT molecular complexity index is 1250. The number of carbonyl (C=O) groups is 3. The van der Waals surface area contributed by atoms with Crippen molar-refractivity contribution in [3.8, 4) is 11.5 Å². The fourth-order valence-electron chi connectivity index (χ4n) is 3.80. The molecule has 0 spiro atoms. The minimum Gasteiger partial charge on any atom is -0.493 e. The number of benzene rings is 3. The highest BCUT2D eigenvalue weighted by molar-refractivity contribution is 6.31. The van der Waals surface area contributed by atoms with E-state index in [-0.39, 0.29) is 17.2 Å². The quantitative estimate of drug-likeness (QED) is 0.454. The van der Waals surface area contributed by atoms with Gasteiger partial charge in [0.25, 0.3) is 11.8 Å². The number of anilines is 1. The maximum Gasteiger partial charge on any atom is 0.285 e. The molecule has 2 N–H and O–H groups in total. The lowest BCUT2D eigenvalue weighted by molar-refractivity contribution is -0.169. The van der Waals surface area contributed by atoms with E-state index in [9.17, 15) is 14.4 Å². The topological polar surface area (TPSA) is 97.0 Å². The molecule has 3 amide bonds. The van der Waals surface area contributed by atoms with Crippen molar-refractivity contribution in [2.75, 3.05) is 11.9 Å². The standard InChI is InChI=1S/C26H24ClN3O5/c1-3-34-22-15-17(28-16(2)31)13-14-20(22)25(32)29-30-23(19-11-7-8-12-21(19)27)24(26(30)33)35-18-9-5-4-6-10-18/h4-15,23-24H,3H2,1-2H3,(H,28,31)(H,29,32)/t23-,24+/m0/s1. The summed E-state index contributed by atoms with van der Waals surface area (Å²) >= 11 is 6.43. The van der Waals surface area contributed by atoms with Crippen molar-refractivity contribution in [1.82, 2.24) is 10.4 Å². The normalized spacial score (nSPS) is 16.8. The number of hydrogen-bond acceptors (Lipinski definition) is 5. The predicted octanol–water partition coefficient (Wildman–Crippen LogP) is 4.37. The van der Waals surface area contributed by atoms with Gasteiger partial charge in [0.15, 0.2) is 0 Å². The second kappa shape index (κ2) is 10.5. The Labute approximate surface area is 207 Å². The van der Waals surface area contributed by atoms with Gasteiger partial charge >= 0.3 is 0 Å². The van der Waals surface area contributed by atoms with E-state index >= 15 is 0 Å². The molecule has 1 aliphatic heterocycles. The van der Waals surface area contributed by atoms with Crippen LogP contribution < -0.4 is 20.2 Å². The number of rotatable bonds is 8. The third-order valence-electron chi connectivity index (χ3n) is 5.34. The molecular weight excluding hydrogens is 470 g/mol. The molecule has 0 bridgehead atoms. The van der Waals surface area contributed by atoms with Gasteiger partial charge in [0, 0.05) is 23.7 Å². The lowest BCUT2D eigenvalue weighted by atomic mass is 9.92. The summed E-state index contributed by atoms with van der Waals surface area (Å²) in [6.07, 6.45) is -0.869. The number of para-hydroxylation sites is 1. The number of ether oxygens (including phenoxy) is 2. The molecule has 0 aromatic heterocycles. The molecule has 4 rings (SSSR count). The highest BCUT2D eigenvalue weighted by Crippen LogP contribution is 2.39. The lowest BCUT2D eigenvalue weighted by Crippen LogP contribution is -2.67. The van der Waals surface area contributed by atoms with Crippen molar-refractivity contribution in [2.24, 2.45) is 0 Å². The van der Waals surface area contributed by atoms with Crippen molar-refractivity contribution in [3.05, 3.63) is 88.9 Å². The van der Waals surface area contributed by atoms with E-state index in [1.54, 1.807) is 55.5 Å². The van der Waals surface area contributed by atoms with Gasteiger partial charge in [-0.3, -0.25) is 19.8 Å². The summed E-state index contributed by atoms with van der Waals surface area (Å²) in [6, 6.07) is 20.1. The van der Waals surface area contributed by atoms with Gasteiger partial charge in [0.2, 0.25) is 12.0 Å². The number of carbonyl (C=O) groups excluding carboxylic acids is 3. The second-order valence-corrected chi connectivity index (χ2v) is 8.20. The fourth-order valence-corrected chi connectivity index (χ4v) is 4.05. The van der Waals surface area contributed by atoms with Gasteiger partial charge in [-0.1, -0.05) is 48.0 Å². The molecule has 0 radical (unpaired) electrons. The number of hydrogen-bond donors (Lipinski definition) is 2. The summed E-state index contributed by atoms with van der Waals surface area (Å²) in [5, 5.41) is 4.32. The lowest BCUT2D eigenvalue weighted by Gasteiger charge is -2.46. The van der Waals surface area contributed by atoms with Crippen LogP contribution >= 0.6 is 11.6 Å². The molecular formula is C26H24ClN3O5. The van der Waals surface area contributed by atoms with Gasteiger partial charge in [-0.25, -0.2) is 5.01 Å². The van der Waals surface area contributed by atoms with Crippen LogP contribution in [0.3, 0.4) is 0 Å². The SMILES string of the molecule is CCOc1cc(NC(C)=O)ccc1C(=O)NN1C(=O)[C@H](Oc2ccccc2)[C@@H]1c1ccccc1Cl. The van der Waals surface area contributed by atoms with Crippen LogP contribution in [-0.4, -0.2) is 35.4 Å². The van der Waals surface area contributed by atoms with Crippen molar-refractivity contribution >= 4 is 35.0 Å². The van der Waals surface area contributed by atoms with E-state index in [0.29, 0.717) is 28.6 Å². The van der Waals surface area contributed by atoms with Crippen molar-refractivity contribution in [2.45, 2.75) is 26.0 Å². The Morgan fingerprint density at radius 1 is 1.03 bits per heavy atom. The van der Waals surface area contributed by atoms with E-state index in [0.717, 1.165) is 0 Å². The summed E-state index contributed by atoms with van der Waals surface area (Å²) in [4.78, 5) is 37.7. The molecule has 2 atom stereocenters. The summed E-state index contributed by atoms with van der Waals surface area (Å²) in [5.41, 5.74) is 4.01. The summed E-state index contributed by atoms with van der Waals surface area (Å²) in [5.74, 6) is -0.411. The molecule has 9 heteroatoms. The zero-order chi connectivity index (χ0) is 24.9. The zero-order valence-electron chi connectivity index (χ0n) is 19.2. The highest BCUT2D eigenvalue weighted by Gasteiger charge is 2.52. The first kappa shape index (κ1) is 24.1. The largest absolute Gasteiger partial charge is 0.493 e. The van der Waals surface area contributed by atoms with Gasteiger partial charge in [0.05, 0.1) is 12.2 Å². The number of amides is 3. The van der Waals surface area contributed by atoms with Gasteiger partial charge < -0.3 is 14.8 Å². The number of halogens is 1. The maximum atomic E-state index is 13.2. The monoisotopic (exact) mass is 493 g/mol. The molecule has 0 saturated carbocycles. The van der Waals surface area contributed by atoms with Gasteiger partial charge in [-0.2, -0.15) is 0 Å². The molecule has 180 valence electrons. The molecule has 3 aromatic rings. The fraction of sp³-hybridized carbons (Fsp3) is 0.192. The van der Waals surface area contributed by atoms with Gasteiger partial charge in [0.1, 0.15) is 17.5 Å². The molecule has 35 heavy (non-hydrogen) atoms. The smallest absolute Gasteiger partial charge is 0.285 e. The average molecular weight is 494 g/mol. The van der Waals surface area contributed by atoms with Crippen LogP contribution in [-0.2, 0) is 9.59 Å². The summed E-state index contributed by atoms with van der Waals surface area (Å²) < 4.78 is 11.6. The Balaban J connectivity index is 1.61. The Hall–Kier alpha value is -4.04. The zero-order valence-corrected chi connectivity index (χ0v) is 19.9. The number of hydrazine groups is 1. The van der Waals surface area contributed by atoms with Gasteiger partial charge in [-0.05, 0) is 42.8 Å². The van der Waals surface area contributed by atoms with Crippen LogP contribution in [0, 0.1) is 0 Å². The first-order chi connectivity index (χ1) is 16.9. The van der Waals surface area contributed by atoms with E-state index in [2.05, 4.69) is 10.7 Å². The average Bonchev–Trinajstić information content (AvgIpc) is 2.84. The van der Waals surface area contributed by atoms with E-state index in [4.69, 9.17) is 21.1 Å². The minimum atomic E-state index is -0.869. The molecule has 8 nitrogen and oxygen atoms in total. The minimum absolute atomic E-state index is 0.207. The van der Waals surface area contributed by atoms with Crippen LogP contribution in [0.4, 0.5) is 5.69 Å². The number of nitrogens with one attached hydrogen (secondary N) is 2. The number of β-lactam (4-membered cyclic amide) rings is 1.